The minimum atomic E-state index is 0.748. The maximum absolute atomic E-state index is 4.46. The van der Waals surface area contributed by atoms with Crippen LogP contribution in [0, 0.1) is 6.92 Å². The van der Waals surface area contributed by atoms with E-state index in [0.717, 1.165) is 28.8 Å². The van der Waals surface area contributed by atoms with Crippen molar-refractivity contribution in [3.63, 3.8) is 0 Å². The van der Waals surface area contributed by atoms with Gasteiger partial charge in [-0.3, -0.25) is 9.36 Å². The van der Waals surface area contributed by atoms with E-state index >= 15 is 0 Å². The second-order valence-corrected chi connectivity index (χ2v) is 4.69. The first kappa shape index (κ1) is 11.4. The molecule has 4 nitrogen and oxygen atoms in total. The summed E-state index contributed by atoms with van der Waals surface area (Å²) >= 11 is 3.60. The summed E-state index contributed by atoms with van der Waals surface area (Å²) in [6.45, 7) is 4.89. The first-order valence-corrected chi connectivity index (χ1v) is 6.10. The molecule has 5 heteroatoms. The van der Waals surface area contributed by atoms with Gasteiger partial charge in [-0.1, -0.05) is 6.92 Å². The number of aromatic nitrogens is 4. The molecule has 0 aliphatic rings. The smallest absolute Gasteiger partial charge is 0.0839 e. The molecule has 2 heterocycles. The van der Waals surface area contributed by atoms with Gasteiger partial charge in [0.05, 0.1) is 28.6 Å². The van der Waals surface area contributed by atoms with Crippen LogP contribution in [0.4, 0.5) is 0 Å². The molecule has 0 aliphatic heterocycles. The Morgan fingerprint density at radius 3 is 2.69 bits per heavy atom. The molecule has 0 aromatic carbocycles. The molecule has 0 aliphatic carbocycles. The lowest BCUT2D eigenvalue weighted by Gasteiger charge is -2.02. The molecule has 2 aromatic heterocycles. The van der Waals surface area contributed by atoms with Crippen LogP contribution >= 0.6 is 15.9 Å². The van der Waals surface area contributed by atoms with Crippen molar-refractivity contribution in [1.82, 2.24) is 19.6 Å². The molecule has 0 N–H and O–H groups in total. The zero-order valence-corrected chi connectivity index (χ0v) is 11.3. The van der Waals surface area contributed by atoms with Crippen LogP contribution in [0.2, 0.25) is 0 Å². The van der Waals surface area contributed by atoms with E-state index in [1.807, 2.05) is 35.7 Å². The average Bonchev–Trinajstić information content (AvgIpc) is 2.77. The molecule has 0 amide bonds. The maximum atomic E-state index is 4.46. The Bertz CT molecular complexity index is 498. The van der Waals surface area contributed by atoms with Gasteiger partial charge in [0.1, 0.15) is 0 Å². The van der Waals surface area contributed by atoms with Crippen molar-refractivity contribution in [2.45, 2.75) is 26.8 Å². The number of halogens is 1. The monoisotopic (exact) mass is 282 g/mol. The Morgan fingerprint density at radius 2 is 2.19 bits per heavy atom. The third-order valence-electron chi connectivity index (χ3n) is 2.58. The van der Waals surface area contributed by atoms with Gasteiger partial charge in [-0.25, -0.2) is 0 Å². The highest BCUT2D eigenvalue weighted by atomic mass is 79.9. The summed E-state index contributed by atoms with van der Waals surface area (Å²) in [6.07, 6.45) is 4.84. The summed E-state index contributed by atoms with van der Waals surface area (Å²) in [4.78, 5) is 0. The highest BCUT2D eigenvalue weighted by Gasteiger charge is 2.12. The summed E-state index contributed by atoms with van der Waals surface area (Å²) in [5, 5.41) is 8.74. The number of rotatable bonds is 3. The molecule has 0 bridgehead atoms. The Kier molecular flexibility index (Phi) is 3.14. The Labute approximate surface area is 103 Å². The zero-order chi connectivity index (χ0) is 11.7. The van der Waals surface area contributed by atoms with Crippen LogP contribution in [0.25, 0.3) is 0 Å². The van der Waals surface area contributed by atoms with Gasteiger partial charge in [0.25, 0.3) is 0 Å². The molecule has 0 saturated heterocycles. The predicted octanol–water partition coefficient (Wildman–Crippen LogP) is 2.30. The van der Waals surface area contributed by atoms with Crippen molar-refractivity contribution in [2.75, 3.05) is 0 Å². The third kappa shape index (κ3) is 2.04. The molecule has 0 radical (unpaired) electrons. The molecule has 0 unspecified atom stereocenters. The quantitative estimate of drug-likeness (QED) is 0.866. The summed E-state index contributed by atoms with van der Waals surface area (Å²) < 4.78 is 4.95. The van der Waals surface area contributed by atoms with E-state index in [1.54, 1.807) is 0 Å². The Hall–Kier alpha value is -1.10. The lowest BCUT2D eigenvalue weighted by molar-refractivity contribution is 0.616. The number of nitrogens with zero attached hydrogens (tertiary/aromatic N) is 4. The van der Waals surface area contributed by atoms with Crippen molar-refractivity contribution in [2.24, 2.45) is 7.05 Å². The van der Waals surface area contributed by atoms with Gasteiger partial charge in [-0.2, -0.15) is 10.2 Å². The lowest BCUT2D eigenvalue weighted by Crippen LogP contribution is -2.06. The van der Waals surface area contributed by atoms with E-state index < -0.39 is 0 Å². The van der Waals surface area contributed by atoms with Gasteiger partial charge in [0.15, 0.2) is 0 Å². The summed E-state index contributed by atoms with van der Waals surface area (Å²) in [5.74, 6) is 0. The normalized spacial score (nSPS) is 11.0. The summed E-state index contributed by atoms with van der Waals surface area (Å²) in [6, 6.07) is 0. The second-order valence-electron chi connectivity index (χ2n) is 3.90. The molecule has 0 spiro atoms. The van der Waals surface area contributed by atoms with E-state index in [0.29, 0.717) is 0 Å². The van der Waals surface area contributed by atoms with Crippen LogP contribution < -0.4 is 0 Å². The van der Waals surface area contributed by atoms with Crippen LogP contribution in [0.1, 0.15) is 23.9 Å². The molecule has 2 aromatic rings. The summed E-state index contributed by atoms with van der Waals surface area (Å²) in [7, 11) is 1.97. The van der Waals surface area contributed by atoms with Crippen molar-refractivity contribution in [3.05, 3.63) is 33.8 Å². The van der Waals surface area contributed by atoms with Gasteiger partial charge in [0.2, 0.25) is 0 Å². The van der Waals surface area contributed by atoms with Gasteiger partial charge in [0, 0.05) is 13.2 Å². The van der Waals surface area contributed by atoms with Crippen LogP contribution in [0.3, 0.4) is 0 Å². The highest BCUT2D eigenvalue weighted by molar-refractivity contribution is 9.10. The molecule has 16 heavy (non-hydrogen) atoms. The Morgan fingerprint density at radius 1 is 1.44 bits per heavy atom. The largest absolute Gasteiger partial charge is 0.269 e. The number of hydrogen-bond acceptors (Lipinski definition) is 2. The predicted molar refractivity (Wildman–Crippen MR) is 66.4 cm³/mol. The van der Waals surface area contributed by atoms with Crippen molar-refractivity contribution in [3.8, 4) is 0 Å². The lowest BCUT2D eigenvalue weighted by atomic mass is 10.3. The van der Waals surface area contributed by atoms with Gasteiger partial charge in [-0.15, -0.1) is 0 Å². The fourth-order valence-electron chi connectivity index (χ4n) is 1.70. The minimum Gasteiger partial charge on any atom is -0.269 e. The third-order valence-corrected chi connectivity index (χ3v) is 3.49. The highest BCUT2D eigenvalue weighted by Crippen LogP contribution is 2.22. The number of hydrogen-bond donors (Lipinski definition) is 0. The molecule has 0 saturated carbocycles. The fourth-order valence-corrected chi connectivity index (χ4v) is 2.44. The van der Waals surface area contributed by atoms with Crippen molar-refractivity contribution in [1.29, 1.82) is 0 Å². The molecule has 86 valence electrons. The zero-order valence-electron chi connectivity index (χ0n) is 9.74. The van der Waals surface area contributed by atoms with E-state index in [9.17, 15) is 0 Å². The molecule has 2 rings (SSSR count). The second kappa shape index (κ2) is 4.41. The van der Waals surface area contributed by atoms with E-state index in [1.165, 1.54) is 5.56 Å². The van der Waals surface area contributed by atoms with E-state index in [-0.39, 0.29) is 0 Å². The molecular formula is C11H15BrN4. The van der Waals surface area contributed by atoms with Crippen molar-refractivity contribution >= 4 is 15.9 Å². The molecule has 0 fully saturated rings. The standard InChI is InChI=1S/C11H15BrN4/c1-4-9-11(12)10(15(3)14-9)7-16-6-8(2)5-13-16/h5-6H,4,7H2,1-3H3. The first-order valence-electron chi connectivity index (χ1n) is 5.31. The SMILES string of the molecule is CCc1nn(C)c(Cn2cc(C)cn2)c1Br. The maximum Gasteiger partial charge on any atom is 0.0839 e. The van der Waals surface area contributed by atoms with E-state index in [2.05, 4.69) is 33.1 Å². The fraction of sp³-hybridized carbons (Fsp3) is 0.455. The topological polar surface area (TPSA) is 35.6 Å². The van der Waals surface area contributed by atoms with Crippen molar-refractivity contribution < 1.29 is 0 Å². The van der Waals surface area contributed by atoms with Crippen LogP contribution in [-0.2, 0) is 20.0 Å². The van der Waals surface area contributed by atoms with Gasteiger partial charge < -0.3 is 0 Å². The molecule has 0 atom stereocenters. The van der Waals surface area contributed by atoms with E-state index in [4.69, 9.17) is 0 Å². The van der Waals surface area contributed by atoms with Crippen LogP contribution in [0.5, 0.6) is 0 Å². The van der Waals surface area contributed by atoms with Gasteiger partial charge in [-0.05, 0) is 34.8 Å². The minimum absolute atomic E-state index is 0.748. The number of aryl methyl sites for hydroxylation is 3. The molecular weight excluding hydrogens is 268 g/mol. The average molecular weight is 283 g/mol. The van der Waals surface area contributed by atoms with Crippen LogP contribution in [0.15, 0.2) is 16.9 Å². The van der Waals surface area contributed by atoms with Crippen LogP contribution in [-0.4, -0.2) is 19.6 Å². The first-order chi connectivity index (χ1) is 7.61. The van der Waals surface area contributed by atoms with Gasteiger partial charge >= 0.3 is 0 Å². The summed E-state index contributed by atoms with van der Waals surface area (Å²) in [5.41, 5.74) is 3.43. The Balaban J connectivity index is 2.30.